The minimum Gasteiger partial charge on any atom is -0.352 e. The van der Waals surface area contributed by atoms with Crippen molar-refractivity contribution in [2.24, 2.45) is 0 Å². The Balaban J connectivity index is 1.68. The van der Waals surface area contributed by atoms with Gasteiger partial charge in [-0.05, 0) is 25.0 Å². The maximum absolute atomic E-state index is 12.1. The van der Waals surface area contributed by atoms with Crippen LogP contribution in [0.5, 0.6) is 0 Å². The van der Waals surface area contributed by atoms with Crippen LogP contribution in [0.2, 0.25) is 10.0 Å². The van der Waals surface area contributed by atoms with Gasteiger partial charge in [-0.15, -0.1) is 0 Å². The highest BCUT2D eigenvalue weighted by Crippen LogP contribution is 2.30. The van der Waals surface area contributed by atoms with Crippen LogP contribution < -0.4 is 15.5 Å². The molecule has 4 rings (SSSR count). The number of benzene rings is 1. The molecule has 2 fully saturated rings. The molecular weight excluding hydrogens is 353 g/mol. The van der Waals surface area contributed by atoms with E-state index in [1.807, 2.05) is 4.90 Å². The van der Waals surface area contributed by atoms with Crippen LogP contribution in [0.15, 0.2) is 18.3 Å². The number of piperidine rings is 1. The molecule has 9 heteroatoms. The van der Waals surface area contributed by atoms with Gasteiger partial charge in [-0.3, -0.25) is 15.1 Å². The van der Waals surface area contributed by atoms with Crippen molar-refractivity contribution in [1.29, 1.82) is 0 Å². The lowest BCUT2D eigenvalue weighted by Gasteiger charge is -2.38. The van der Waals surface area contributed by atoms with E-state index >= 15 is 0 Å². The predicted molar refractivity (Wildman–Crippen MR) is 90.4 cm³/mol. The Bertz CT molecular complexity index is 874. The van der Waals surface area contributed by atoms with E-state index in [0.717, 1.165) is 13.0 Å². The van der Waals surface area contributed by atoms with Gasteiger partial charge in [0.2, 0.25) is 0 Å². The monoisotopic (exact) mass is 365 g/mol. The van der Waals surface area contributed by atoms with Gasteiger partial charge in [-0.1, -0.05) is 23.2 Å². The highest BCUT2D eigenvalue weighted by Gasteiger charge is 2.48. The third kappa shape index (κ3) is 2.44. The average molecular weight is 366 g/mol. The van der Waals surface area contributed by atoms with Crippen molar-refractivity contribution in [3.8, 4) is 0 Å². The summed E-state index contributed by atoms with van der Waals surface area (Å²) >= 11 is 12.0. The Morgan fingerprint density at radius 2 is 1.92 bits per heavy atom. The number of halogens is 2. The maximum Gasteiger partial charge on any atom is 0.322 e. The van der Waals surface area contributed by atoms with E-state index < -0.39 is 11.6 Å². The fourth-order valence-corrected chi connectivity index (χ4v) is 3.53. The largest absolute Gasteiger partial charge is 0.352 e. The van der Waals surface area contributed by atoms with Crippen LogP contribution in [0, 0.1) is 0 Å². The molecule has 24 heavy (non-hydrogen) atoms. The number of amides is 3. The first-order chi connectivity index (χ1) is 11.5. The number of nitrogens with zero attached hydrogens (tertiary/aromatic N) is 3. The zero-order valence-electron chi connectivity index (χ0n) is 12.5. The molecule has 0 radical (unpaired) electrons. The molecule has 2 N–H and O–H groups in total. The van der Waals surface area contributed by atoms with Crippen LogP contribution in [0.1, 0.15) is 12.8 Å². The summed E-state index contributed by atoms with van der Waals surface area (Å²) in [4.78, 5) is 34.5. The zero-order valence-corrected chi connectivity index (χ0v) is 14.0. The Morgan fingerprint density at radius 1 is 1.17 bits per heavy atom. The summed E-state index contributed by atoms with van der Waals surface area (Å²) in [6, 6.07) is 2.88. The smallest absolute Gasteiger partial charge is 0.322 e. The topological polar surface area (TPSA) is 87.2 Å². The summed E-state index contributed by atoms with van der Waals surface area (Å²) in [6.45, 7) is 1.08. The van der Waals surface area contributed by atoms with Crippen LogP contribution >= 0.6 is 23.2 Å². The molecule has 1 aromatic heterocycles. The molecule has 1 aromatic carbocycles. The normalized spacial score (nSPS) is 23.7. The van der Waals surface area contributed by atoms with Gasteiger partial charge in [0.05, 0.1) is 33.8 Å². The number of fused-ring (bicyclic) bond motifs is 1. The third-order valence-corrected chi connectivity index (χ3v) is 5.12. The lowest BCUT2D eigenvalue weighted by Crippen LogP contribution is -2.58. The van der Waals surface area contributed by atoms with Crippen molar-refractivity contribution in [1.82, 2.24) is 20.6 Å². The molecule has 0 aliphatic carbocycles. The second-order valence-electron chi connectivity index (χ2n) is 6.00. The highest BCUT2D eigenvalue weighted by atomic mass is 35.5. The summed E-state index contributed by atoms with van der Waals surface area (Å²) < 4.78 is 0. The van der Waals surface area contributed by atoms with Gasteiger partial charge in [0.1, 0.15) is 11.4 Å². The molecule has 1 unspecified atom stereocenters. The quantitative estimate of drug-likeness (QED) is 0.755. The Kier molecular flexibility index (Phi) is 3.51. The summed E-state index contributed by atoms with van der Waals surface area (Å²) in [5, 5.41) is 5.89. The van der Waals surface area contributed by atoms with Gasteiger partial charge in [-0.25, -0.2) is 9.78 Å². The number of anilines is 1. The van der Waals surface area contributed by atoms with E-state index in [2.05, 4.69) is 20.6 Å². The predicted octanol–water partition coefficient (Wildman–Crippen LogP) is 2.11. The molecule has 2 saturated heterocycles. The SMILES string of the molecule is O=C1NC(=O)C2(CCCN(c3cnc4cc(Cl)c(Cl)cc4n3)C2)N1. The Hall–Kier alpha value is -2.12. The van der Waals surface area contributed by atoms with Crippen LogP contribution in [-0.2, 0) is 4.79 Å². The first-order valence-corrected chi connectivity index (χ1v) is 8.23. The third-order valence-electron chi connectivity index (χ3n) is 4.40. The number of urea groups is 1. The fraction of sp³-hybridized carbons (Fsp3) is 0.333. The minimum absolute atomic E-state index is 0.291. The van der Waals surface area contributed by atoms with E-state index in [4.69, 9.17) is 23.2 Å². The average Bonchev–Trinajstić information content (AvgIpc) is 2.81. The molecule has 0 saturated carbocycles. The molecule has 2 aliphatic rings. The van der Waals surface area contributed by atoms with Gasteiger partial charge in [-0.2, -0.15) is 0 Å². The van der Waals surface area contributed by atoms with Crippen LogP contribution in [0.4, 0.5) is 10.6 Å². The molecule has 0 bridgehead atoms. The standard InChI is InChI=1S/C15H13Cl2N5O2/c16-8-4-10-11(5-9(8)17)19-12(6-18-10)22-3-1-2-15(7-22)13(23)20-14(24)21-15/h4-6H,1-3,7H2,(H2,20,21,23,24). The second kappa shape index (κ2) is 5.46. The Labute approximate surface area is 147 Å². The lowest BCUT2D eigenvalue weighted by molar-refractivity contribution is -0.124. The maximum atomic E-state index is 12.1. The molecule has 7 nitrogen and oxygen atoms in total. The van der Waals surface area contributed by atoms with Gasteiger partial charge >= 0.3 is 6.03 Å². The van der Waals surface area contributed by atoms with Gasteiger partial charge in [0.25, 0.3) is 5.91 Å². The summed E-state index contributed by atoms with van der Waals surface area (Å²) in [5.41, 5.74) is 0.372. The van der Waals surface area contributed by atoms with Crippen LogP contribution in [-0.4, -0.2) is 40.5 Å². The summed E-state index contributed by atoms with van der Waals surface area (Å²) in [7, 11) is 0. The van der Waals surface area contributed by atoms with Crippen molar-refractivity contribution in [3.05, 3.63) is 28.4 Å². The second-order valence-corrected chi connectivity index (χ2v) is 6.81. The first-order valence-electron chi connectivity index (χ1n) is 7.47. The molecule has 124 valence electrons. The molecule has 1 spiro atoms. The number of aromatic nitrogens is 2. The number of hydrogen-bond donors (Lipinski definition) is 2. The fourth-order valence-electron chi connectivity index (χ4n) is 3.22. The van der Waals surface area contributed by atoms with E-state index in [0.29, 0.717) is 39.9 Å². The van der Waals surface area contributed by atoms with Crippen molar-refractivity contribution < 1.29 is 9.59 Å². The number of hydrogen-bond acceptors (Lipinski definition) is 5. The number of imide groups is 1. The van der Waals surface area contributed by atoms with E-state index in [-0.39, 0.29) is 5.91 Å². The minimum atomic E-state index is -0.899. The van der Waals surface area contributed by atoms with Crippen molar-refractivity contribution >= 4 is 52.0 Å². The molecular formula is C15H13Cl2N5O2. The van der Waals surface area contributed by atoms with Gasteiger partial charge < -0.3 is 10.2 Å². The van der Waals surface area contributed by atoms with Crippen molar-refractivity contribution in [2.45, 2.75) is 18.4 Å². The summed E-state index contributed by atoms with van der Waals surface area (Å²) in [5.74, 6) is 0.342. The number of carbonyl (C=O) groups is 2. The summed E-state index contributed by atoms with van der Waals surface area (Å²) in [6.07, 6.45) is 3.00. The Morgan fingerprint density at radius 3 is 2.62 bits per heavy atom. The number of rotatable bonds is 1. The van der Waals surface area contributed by atoms with Crippen LogP contribution in [0.3, 0.4) is 0 Å². The molecule has 2 aromatic rings. The number of nitrogens with one attached hydrogen (secondary N) is 2. The lowest BCUT2D eigenvalue weighted by atomic mass is 9.89. The van der Waals surface area contributed by atoms with Crippen molar-refractivity contribution in [3.63, 3.8) is 0 Å². The van der Waals surface area contributed by atoms with Crippen molar-refractivity contribution in [2.75, 3.05) is 18.0 Å². The van der Waals surface area contributed by atoms with E-state index in [9.17, 15) is 9.59 Å². The molecule has 2 aliphatic heterocycles. The van der Waals surface area contributed by atoms with Crippen LogP contribution in [0.25, 0.3) is 11.0 Å². The van der Waals surface area contributed by atoms with E-state index in [1.165, 1.54) is 0 Å². The number of carbonyl (C=O) groups excluding carboxylic acids is 2. The van der Waals surface area contributed by atoms with E-state index in [1.54, 1.807) is 18.3 Å². The first kappa shape index (κ1) is 15.4. The van der Waals surface area contributed by atoms with Gasteiger partial charge in [0.15, 0.2) is 0 Å². The van der Waals surface area contributed by atoms with Gasteiger partial charge in [0, 0.05) is 6.54 Å². The molecule has 1 atom stereocenters. The zero-order chi connectivity index (χ0) is 16.9. The molecule has 3 heterocycles. The molecule has 3 amide bonds. The highest BCUT2D eigenvalue weighted by molar-refractivity contribution is 6.42.